The molecule has 1 aliphatic rings. The fraction of sp³-hybridized carbons (Fsp3) is 0.786. The minimum atomic E-state index is -0.958. The zero-order chi connectivity index (χ0) is 15.0. The van der Waals surface area contributed by atoms with Gasteiger partial charge in [-0.25, -0.2) is 0 Å². The molecule has 0 bridgehead atoms. The molecule has 0 aromatic rings. The fourth-order valence-electron chi connectivity index (χ4n) is 2.40. The lowest BCUT2D eigenvalue weighted by Gasteiger charge is -2.26. The van der Waals surface area contributed by atoms with Gasteiger partial charge >= 0.3 is 5.97 Å². The molecule has 0 radical (unpaired) electrons. The lowest BCUT2D eigenvalue weighted by Crippen LogP contribution is -2.40. The van der Waals surface area contributed by atoms with Crippen molar-refractivity contribution in [3.05, 3.63) is 0 Å². The molecule has 5 nitrogen and oxygen atoms in total. The van der Waals surface area contributed by atoms with E-state index < -0.39 is 17.3 Å². The summed E-state index contributed by atoms with van der Waals surface area (Å²) in [4.78, 5) is 36.3. The minimum absolute atomic E-state index is 0.0201. The highest BCUT2D eigenvalue weighted by atomic mass is 16.4. The van der Waals surface area contributed by atoms with Crippen LogP contribution in [0.15, 0.2) is 0 Å². The molecule has 1 heterocycles. The molecule has 108 valence electrons. The van der Waals surface area contributed by atoms with E-state index in [0.717, 1.165) is 4.90 Å². The predicted octanol–water partition coefficient (Wildman–Crippen LogP) is 1.91. The van der Waals surface area contributed by atoms with Crippen LogP contribution in [-0.4, -0.2) is 34.3 Å². The zero-order valence-corrected chi connectivity index (χ0v) is 12.3. The van der Waals surface area contributed by atoms with E-state index in [4.69, 9.17) is 0 Å². The highest BCUT2D eigenvalue weighted by Crippen LogP contribution is 2.33. The molecule has 1 saturated heterocycles. The molecule has 1 fully saturated rings. The number of likely N-dealkylation sites (tertiary alicyclic amines) is 1. The summed E-state index contributed by atoms with van der Waals surface area (Å²) in [6.07, 6.45) is 0.591. The SMILES string of the molecule is CC(C)(C)CC(CN1C(=O)CC(C)(C)C1=O)C(=O)O. The second-order valence-electron chi connectivity index (χ2n) is 7.17. The Kier molecular flexibility index (Phi) is 4.08. The summed E-state index contributed by atoms with van der Waals surface area (Å²) in [5, 5.41) is 9.25. The van der Waals surface area contributed by atoms with Crippen LogP contribution < -0.4 is 0 Å². The highest BCUT2D eigenvalue weighted by molar-refractivity contribution is 6.05. The maximum atomic E-state index is 12.1. The van der Waals surface area contributed by atoms with E-state index in [9.17, 15) is 19.5 Å². The number of carbonyl (C=O) groups excluding carboxylic acids is 2. The van der Waals surface area contributed by atoms with Crippen LogP contribution in [0.1, 0.15) is 47.5 Å². The van der Waals surface area contributed by atoms with Crippen molar-refractivity contribution in [2.75, 3.05) is 6.54 Å². The van der Waals surface area contributed by atoms with Crippen LogP contribution in [0.3, 0.4) is 0 Å². The van der Waals surface area contributed by atoms with Crippen LogP contribution in [-0.2, 0) is 14.4 Å². The van der Waals surface area contributed by atoms with E-state index in [1.165, 1.54) is 0 Å². The van der Waals surface area contributed by atoms with Crippen molar-refractivity contribution in [1.82, 2.24) is 4.90 Å². The molecule has 1 atom stereocenters. The monoisotopic (exact) mass is 269 g/mol. The summed E-state index contributed by atoms with van der Waals surface area (Å²) >= 11 is 0. The van der Waals surface area contributed by atoms with Crippen LogP contribution in [0.2, 0.25) is 0 Å². The van der Waals surface area contributed by atoms with Gasteiger partial charge in [-0.1, -0.05) is 34.6 Å². The molecule has 1 rings (SSSR count). The predicted molar refractivity (Wildman–Crippen MR) is 70.3 cm³/mol. The lowest BCUT2D eigenvalue weighted by molar-refractivity contribution is -0.147. The molecule has 19 heavy (non-hydrogen) atoms. The Morgan fingerprint density at radius 1 is 1.37 bits per heavy atom. The number of carbonyl (C=O) groups is 3. The number of carboxylic acids is 1. The Balaban J connectivity index is 2.84. The number of amides is 2. The summed E-state index contributed by atoms with van der Waals surface area (Å²) in [6, 6.07) is 0. The Bertz CT molecular complexity index is 406. The van der Waals surface area contributed by atoms with E-state index in [0.29, 0.717) is 6.42 Å². The Morgan fingerprint density at radius 3 is 2.21 bits per heavy atom. The molecular weight excluding hydrogens is 246 g/mol. The van der Waals surface area contributed by atoms with Gasteiger partial charge in [0, 0.05) is 13.0 Å². The van der Waals surface area contributed by atoms with E-state index in [-0.39, 0.29) is 30.2 Å². The molecule has 0 aromatic heterocycles. The third-order valence-corrected chi connectivity index (χ3v) is 3.33. The van der Waals surface area contributed by atoms with Crippen LogP contribution in [0, 0.1) is 16.7 Å². The number of aliphatic carboxylic acids is 1. The normalized spacial score (nSPS) is 20.8. The lowest BCUT2D eigenvalue weighted by atomic mass is 9.84. The summed E-state index contributed by atoms with van der Waals surface area (Å²) < 4.78 is 0. The number of imide groups is 1. The Hall–Kier alpha value is -1.39. The standard InChI is InChI=1S/C14H23NO4/c1-13(2,3)6-9(11(17)18)8-15-10(16)7-14(4,5)12(15)19/h9H,6-8H2,1-5H3,(H,17,18). The molecule has 5 heteroatoms. The van der Waals surface area contributed by atoms with Gasteiger partial charge in [-0.3, -0.25) is 19.3 Å². The largest absolute Gasteiger partial charge is 0.481 e. The average molecular weight is 269 g/mol. The van der Waals surface area contributed by atoms with Crippen molar-refractivity contribution >= 4 is 17.8 Å². The molecule has 1 aliphatic heterocycles. The molecule has 0 saturated carbocycles. The first kappa shape index (κ1) is 15.7. The number of hydrogen-bond acceptors (Lipinski definition) is 3. The van der Waals surface area contributed by atoms with Gasteiger partial charge in [-0.15, -0.1) is 0 Å². The van der Waals surface area contributed by atoms with Gasteiger partial charge in [-0.2, -0.15) is 0 Å². The molecule has 2 amide bonds. The van der Waals surface area contributed by atoms with Gasteiger partial charge in [-0.05, 0) is 11.8 Å². The van der Waals surface area contributed by atoms with Crippen molar-refractivity contribution in [3.63, 3.8) is 0 Å². The number of rotatable bonds is 4. The van der Waals surface area contributed by atoms with Crippen LogP contribution in [0.5, 0.6) is 0 Å². The summed E-state index contributed by atoms with van der Waals surface area (Å²) in [5.41, 5.74) is -0.869. The van der Waals surface area contributed by atoms with Crippen molar-refractivity contribution < 1.29 is 19.5 Å². The van der Waals surface area contributed by atoms with Gasteiger partial charge in [0.25, 0.3) is 0 Å². The minimum Gasteiger partial charge on any atom is -0.481 e. The zero-order valence-electron chi connectivity index (χ0n) is 12.3. The van der Waals surface area contributed by atoms with Crippen molar-refractivity contribution in [2.24, 2.45) is 16.7 Å². The number of nitrogens with zero attached hydrogens (tertiary/aromatic N) is 1. The number of carboxylic acid groups (broad SMARTS) is 1. The summed E-state index contributed by atoms with van der Waals surface area (Å²) in [6.45, 7) is 9.24. The number of hydrogen-bond donors (Lipinski definition) is 1. The highest BCUT2D eigenvalue weighted by Gasteiger charge is 2.46. The molecule has 1 unspecified atom stereocenters. The van der Waals surface area contributed by atoms with Crippen molar-refractivity contribution in [2.45, 2.75) is 47.5 Å². The maximum Gasteiger partial charge on any atom is 0.308 e. The topological polar surface area (TPSA) is 74.7 Å². The van der Waals surface area contributed by atoms with Crippen molar-refractivity contribution in [1.29, 1.82) is 0 Å². The van der Waals surface area contributed by atoms with E-state index in [2.05, 4.69) is 0 Å². The molecular formula is C14H23NO4. The third kappa shape index (κ3) is 3.78. The maximum absolute atomic E-state index is 12.1. The second kappa shape index (κ2) is 4.94. The first-order valence-electron chi connectivity index (χ1n) is 6.52. The quantitative estimate of drug-likeness (QED) is 0.791. The molecule has 0 aromatic carbocycles. The van der Waals surface area contributed by atoms with Gasteiger partial charge in [0.05, 0.1) is 11.3 Å². The molecule has 1 N–H and O–H groups in total. The first-order chi connectivity index (χ1) is 8.44. The van der Waals surface area contributed by atoms with Gasteiger partial charge < -0.3 is 5.11 Å². The van der Waals surface area contributed by atoms with E-state index in [1.807, 2.05) is 20.8 Å². The van der Waals surface area contributed by atoms with Crippen LogP contribution in [0.25, 0.3) is 0 Å². The van der Waals surface area contributed by atoms with Crippen LogP contribution in [0.4, 0.5) is 0 Å². The second-order valence-corrected chi connectivity index (χ2v) is 7.17. The van der Waals surface area contributed by atoms with Crippen molar-refractivity contribution in [3.8, 4) is 0 Å². The van der Waals surface area contributed by atoms with Gasteiger partial charge in [0.2, 0.25) is 11.8 Å². The Morgan fingerprint density at radius 2 is 1.89 bits per heavy atom. The first-order valence-corrected chi connectivity index (χ1v) is 6.52. The van der Waals surface area contributed by atoms with Gasteiger partial charge in [0.15, 0.2) is 0 Å². The average Bonchev–Trinajstić information content (AvgIpc) is 2.37. The smallest absolute Gasteiger partial charge is 0.308 e. The Labute approximate surface area is 114 Å². The third-order valence-electron chi connectivity index (χ3n) is 3.33. The molecule has 0 spiro atoms. The fourth-order valence-corrected chi connectivity index (χ4v) is 2.40. The summed E-state index contributed by atoms with van der Waals surface area (Å²) in [7, 11) is 0. The summed E-state index contributed by atoms with van der Waals surface area (Å²) in [5.74, 6) is -2.20. The van der Waals surface area contributed by atoms with E-state index >= 15 is 0 Å². The van der Waals surface area contributed by atoms with Gasteiger partial charge in [0.1, 0.15) is 0 Å². The molecule has 0 aliphatic carbocycles. The van der Waals surface area contributed by atoms with Crippen LogP contribution >= 0.6 is 0 Å². The van der Waals surface area contributed by atoms with E-state index in [1.54, 1.807) is 13.8 Å².